The second-order valence-corrected chi connectivity index (χ2v) is 8.11. The number of halogens is 1. The Balaban J connectivity index is 2.90. The van der Waals surface area contributed by atoms with Crippen LogP contribution < -0.4 is 0 Å². The van der Waals surface area contributed by atoms with Gasteiger partial charge in [0, 0.05) is 25.3 Å². The lowest BCUT2D eigenvalue weighted by Crippen LogP contribution is -2.33. The second-order valence-electron chi connectivity index (χ2n) is 6.95. The van der Waals surface area contributed by atoms with Crippen LogP contribution in [0.2, 0.25) is 0 Å². The molecule has 0 fully saturated rings. The van der Waals surface area contributed by atoms with Crippen LogP contribution >= 0.6 is 22.6 Å². The van der Waals surface area contributed by atoms with Crippen LogP contribution in [0.5, 0.6) is 0 Å². The Kier molecular flexibility index (Phi) is 11.8. The van der Waals surface area contributed by atoms with Crippen molar-refractivity contribution in [1.82, 2.24) is 0 Å². The summed E-state index contributed by atoms with van der Waals surface area (Å²) in [5, 5.41) is 0. The van der Waals surface area contributed by atoms with Gasteiger partial charge in [-0.05, 0) is 54.4 Å². The van der Waals surface area contributed by atoms with Crippen LogP contribution in [0.3, 0.4) is 0 Å². The molecule has 0 aromatic carbocycles. The molecular formula is C23H31IO5. The third-order valence-electron chi connectivity index (χ3n) is 4.54. The molecule has 1 aliphatic carbocycles. The van der Waals surface area contributed by atoms with Crippen molar-refractivity contribution in [3.63, 3.8) is 0 Å². The number of hydrogen-bond acceptors (Lipinski definition) is 5. The predicted octanol–water partition coefficient (Wildman–Crippen LogP) is 5.54. The van der Waals surface area contributed by atoms with Gasteiger partial charge in [0.25, 0.3) is 0 Å². The first-order valence-corrected chi connectivity index (χ1v) is 11.2. The van der Waals surface area contributed by atoms with E-state index in [1.165, 1.54) is 26.9 Å². The van der Waals surface area contributed by atoms with Crippen molar-refractivity contribution >= 4 is 40.3 Å². The van der Waals surface area contributed by atoms with Gasteiger partial charge in [-0.3, -0.25) is 14.4 Å². The molecule has 0 saturated heterocycles. The Morgan fingerprint density at radius 3 is 2.52 bits per heavy atom. The summed E-state index contributed by atoms with van der Waals surface area (Å²) in [7, 11) is 1.37. The highest BCUT2D eigenvalue weighted by molar-refractivity contribution is 14.1. The van der Waals surface area contributed by atoms with E-state index in [2.05, 4.69) is 17.7 Å². The molecule has 0 heterocycles. The first-order chi connectivity index (χ1) is 13.9. The van der Waals surface area contributed by atoms with Gasteiger partial charge < -0.3 is 9.47 Å². The molecule has 0 bridgehead atoms. The van der Waals surface area contributed by atoms with E-state index in [1.807, 2.05) is 34.7 Å². The number of Topliss-reactive ketones (excluding diaryl/α,β-unsaturated/α-hetero) is 1. The van der Waals surface area contributed by atoms with Crippen molar-refractivity contribution in [3.05, 3.63) is 45.6 Å². The summed E-state index contributed by atoms with van der Waals surface area (Å²) in [6, 6.07) is 0. The Morgan fingerprint density at radius 2 is 1.86 bits per heavy atom. The molecule has 0 aromatic heterocycles. The van der Waals surface area contributed by atoms with Gasteiger partial charge in [-0.1, -0.05) is 50.1 Å². The molecule has 0 aliphatic heterocycles. The van der Waals surface area contributed by atoms with Gasteiger partial charge in [-0.2, -0.15) is 0 Å². The molecule has 0 unspecified atom stereocenters. The average molecular weight is 514 g/mol. The molecule has 1 aliphatic rings. The van der Waals surface area contributed by atoms with Gasteiger partial charge in [-0.15, -0.1) is 0 Å². The first-order valence-electron chi connectivity index (χ1n) is 10.1. The van der Waals surface area contributed by atoms with Crippen molar-refractivity contribution < 1.29 is 23.9 Å². The van der Waals surface area contributed by atoms with Crippen LogP contribution in [0, 0.1) is 0 Å². The molecule has 6 heteroatoms. The molecule has 160 valence electrons. The Morgan fingerprint density at radius 1 is 1.14 bits per heavy atom. The SMILES string of the molecule is CCCCC/C=C\C[C@@]1(OC(C)=O)C=C(I)C(=O)/C1=C\C=C\CCCC(=O)OC. The van der Waals surface area contributed by atoms with Crippen molar-refractivity contribution in [2.45, 2.75) is 70.8 Å². The molecule has 5 nitrogen and oxygen atoms in total. The topological polar surface area (TPSA) is 69.7 Å². The lowest BCUT2D eigenvalue weighted by Gasteiger charge is -2.27. The van der Waals surface area contributed by atoms with Crippen LogP contribution in [-0.2, 0) is 23.9 Å². The van der Waals surface area contributed by atoms with Crippen LogP contribution in [0.15, 0.2) is 45.6 Å². The van der Waals surface area contributed by atoms with E-state index in [4.69, 9.17) is 4.74 Å². The number of methoxy groups -OCH3 is 1. The standard InChI is InChI=1S/C23H31IO5/c1-4-5-6-7-10-13-16-23(29-18(2)25)17-20(24)22(27)19(23)14-11-8-9-12-15-21(26)28-3/h8,10-11,13-14,17H,4-7,9,12,15-16H2,1-3H3/b11-8+,13-10-,19-14+/t23-/m1/s1. The number of esters is 2. The highest BCUT2D eigenvalue weighted by Crippen LogP contribution is 2.40. The minimum atomic E-state index is -1.06. The van der Waals surface area contributed by atoms with Crippen molar-refractivity contribution in [2.24, 2.45) is 0 Å². The van der Waals surface area contributed by atoms with Gasteiger partial charge in [0.05, 0.1) is 10.7 Å². The lowest BCUT2D eigenvalue weighted by atomic mass is 9.91. The fraction of sp³-hybridized carbons (Fsp3) is 0.522. The maximum Gasteiger partial charge on any atom is 0.305 e. The van der Waals surface area contributed by atoms with E-state index in [0.717, 1.165) is 12.8 Å². The lowest BCUT2D eigenvalue weighted by molar-refractivity contribution is -0.149. The highest BCUT2D eigenvalue weighted by Gasteiger charge is 2.44. The largest absolute Gasteiger partial charge is 0.469 e. The minimum Gasteiger partial charge on any atom is -0.469 e. The zero-order valence-corrected chi connectivity index (χ0v) is 19.7. The van der Waals surface area contributed by atoms with Crippen molar-refractivity contribution in [1.29, 1.82) is 0 Å². The minimum absolute atomic E-state index is 0.120. The van der Waals surface area contributed by atoms with Gasteiger partial charge in [0.1, 0.15) is 0 Å². The third-order valence-corrected chi connectivity index (χ3v) is 5.34. The smallest absolute Gasteiger partial charge is 0.305 e. The number of carbonyl (C=O) groups is 3. The Hall–Kier alpha value is -1.70. The quantitative estimate of drug-likeness (QED) is 0.112. The van der Waals surface area contributed by atoms with E-state index in [9.17, 15) is 14.4 Å². The number of rotatable bonds is 12. The molecule has 0 amide bonds. The molecule has 0 saturated carbocycles. The zero-order chi connectivity index (χ0) is 21.7. The van der Waals surface area contributed by atoms with Crippen molar-refractivity contribution in [3.8, 4) is 0 Å². The van der Waals surface area contributed by atoms with E-state index in [-0.39, 0.29) is 11.8 Å². The predicted molar refractivity (Wildman–Crippen MR) is 123 cm³/mol. The van der Waals surface area contributed by atoms with Crippen LogP contribution in [0.4, 0.5) is 0 Å². The summed E-state index contributed by atoms with van der Waals surface area (Å²) in [6.07, 6.45) is 17.8. The Bertz CT molecular complexity index is 702. The zero-order valence-electron chi connectivity index (χ0n) is 17.5. The first kappa shape index (κ1) is 25.3. The monoisotopic (exact) mass is 514 g/mol. The van der Waals surface area contributed by atoms with Gasteiger partial charge >= 0.3 is 11.9 Å². The van der Waals surface area contributed by atoms with E-state index < -0.39 is 11.6 Å². The number of unbranched alkanes of at least 4 members (excludes halogenated alkanes) is 4. The fourth-order valence-electron chi connectivity index (χ4n) is 3.05. The molecule has 0 N–H and O–H groups in total. The molecule has 29 heavy (non-hydrogen) atoms. The number of ketones is 1. The number of allylic oxidation sites excluding steroid dienone is 5. The summed E-state index contributed by atoms with van der Waals surface area (Å²) >= 11 is 1.99. The van der Waals surface area contributed by atoms with Crippen LogP contribution in [0.1, 0.15) is 65.2 Å². The molecule has 1 rings (SSSR count). The van der Waals surface area contributed by atoms with Gasteiger partial charge in [-0.25, -0.2) is 0 Å². The molecule has 0 spiro atoms. The number of carbonyl (C=O) groups excluding carboxylic acids is 3. The van der Waals surface area contributed by atoms with E-state index in [1.54, 1.807) is 18.2 Å². The number of hydrogen-bond donors (Lipinski definition) is 0. The highest BCUT2D eigenvalue weighted by atomic mass is 127. The van der Waals surface area contributed by atoms with Crippen molar-refractivity contribution in [2.75, 3.05) is 7.11 Å². The van der Waals surface area contributed by atoms with E-state index >= 15 is 0 Å². The maximum atomic E-state index is 12.7. The average Bonchev–Trinajstić information content (AvgIpc) is 2.90. The normalized spacial score (nSPS) is 20.6. The molecule has 0 radical (unpaired) electrons. The van der Waals surface area contributed by atoms with Gasteiger partial charge in [0.2, 0.25) is 0 Å². The summed E-state index contributed by atoms with van der Waals surface area (Å²) < 4.78 is 10.8. The van der Waals surface area contributed by atoms with E-state index in [0.29, 0.717) is 34.8 Å². The summed E-state index contributed by atoms with van der Waals surface area (Å²) in [6.45, 7) is 3.52. The fourth-order valence-corrected chi connectivity index (χ4v) is 3.85. The number of ether oxygens (including phenoxy) is 2. The summed E-state index contributed by atoms with van der Waals surface area (Å²) in [5.74, 6) is -0.779. The van der Waals surface area contributed by atoms with Gasteiger partial charge in [0.15, 0.2) is 11.4 Å². The second kappa shape index (κ2) is 13.5. The molecular weight excluding hydrogens is 483 g/mol. The summed E-state index contributed by atoms with van der Waals surface area (Å²) in [5.41, 5.74) is -0.601. The Labute approximate surface area is 187 Å². The molecule has 1 atom stereocenters. The summed E-state index contributed by atoms with van der Waals surface area (Å²) in [4.78, 5) is 35.6. The van der Waals surface area contributed by atoms with Crippen LogP contribution in [0.25, 0.3) is 0 Å². The maximum absolute atomic E-state index is 12.7. The third kappa shape index (κ3) is 8.68. The molecule has 0 aromatic rings. The van der Waals surface area contributed by atoms with Crippen LogP contribution in [-0.4, -0.2) is 30.4 Å².